The van der Waals surface area contributed by atoms with Crippen molar-refractivity contribution >= 4 is 39.5 Å². The SMILES string of the molecule is CC1=NC(N)=N[C@@H]2CC(c3ccc(F)cc3Br)N=C(NOC[C@H]3COC(C)(C)N3C(=O)OC(C)(C)C)C12. The molecule has 0 aromatic heterocycles. The molecule has 0 bridgehead atoms. The molecular formula is C25H34BrFN6O4. The Hall–Kier alpha value is -2.57. The van der Waals surface area contributed by atoms with E-state index >= 15 is 0 Å². The Morgan fingerprint density at radius 1 is 1.35 bits per heavy atom. The standard InChI is InChI=1S/C25H34BrFN6O4/c1-13-20-19(31-22(28)29-13)10-18(16-8-7-14(27)9-17(16)26)30-21(20)32-36-12-15-11-35-25(5,6)33(15)23(34)37-24(2,3)4/h7-9,15,18-20H,10-12H2,1-6H3,(H2,28,31)(H,30,32)/t15-,18?,19-,20?/m1/s1. The van der Waals surface area contributed by atoms with Crippen molar-refractivity contribution in [1.82, 2.24) is 10.4 Å². The molecule has 3 aliphatic heterocycles. The summed E-state index contributed by atoms with van der Waals surface area (Å²) in [5.41, 5.74) is 9.06. The van der Waals surface area contributed by atoms with Gasteiger partial charge in [-0.15, -0.1) is 0 Å². The van der Waals surface area contributed by atoms with Gasteiger partial charge < -0.3 is 15.2 Å². The maximum atomic E-state index is 13.7. The molecule has 12 heteroatoms. The molecule has 3 N–H and O–H groups in total. The van der Waals surface area contributed by atoms with Crippen LogP contribution in [-0.2, 0) is 14.3 Å². The number of nitrogens with two attached hydrogens (primary N) is 1. The third kappa shape index (κ3) is 6.12. The second-order valence-electron chi connectivity index (χ2n) is 10.9. The minimum Gasteiger partial charge on any atom is -0.444 e. The van der Waals surface area contributed by atoms with Crippen molar-refractivity contribution in [3.8, 4) is 0 Å². The number of ether oxygens (including phenoxy) is 2. The molecule has 3 aliphatic rings. The summed E-state index contributed by atoms with van der Waals surface area (Å²) in [6, 6.07) is 3.63. The molecule has 202 valence electrons. The number of guanidine groups is 1. The minimum absolute atomic E-state index is 0.131. The van der Waals surface area contributed by atoms with Crippen LogP contribution in [0.4, 0.5) is 9.18 Å². The number of nitrogens with one attached hydrogen (secondary N) is 1. The van der Waals surface area contributed by atoms with E-state index in [0.717, 1.165) is 11.3 Å². The lowest BCUT2D eigenvalue weighted by Crippen LogP contribution is -2.52. The Bertz CT molecular complexity index is 1150. The zero-order valence-electron chi connectivity index (χ0n) is 21.9. The largest absolute Gasteiger partial charge is 0.444 e. The maximum absolute atomic E-state index is 13.7. The number of carbonyl (C=O) groups excluding carboxylic acids is 1. The summed E-state index contributed by atoms with van der Waals surface area (Å²) in [4.78, 5) is 34.2. The van der Waals surface area contributed by atoms with Gasteiger partial charge in [0, 0.05) is 10.2 Å². The topological polar surface area (TPSA) is 123 Å². The Balaban J connectivity index is 1.53. The van der Waals surface area contributed by atoms with Crippen LogP contribution in [0.1, 0.15) is 59.6 Å². The number of amides is 1. The van der Waals surface area contributed by atoms with Crippen molar-refractivity contribution in [1.29, 1.82) is 0 Å². The molecule has 1 saturated heterocycles. The highest BCUT2D eigenvalue weighted by atomic mass is 79.9. The third-order valence-corrected chi connectivity index (χ3v) is 7.10. The van der Waals surface area contributed by atoms with Crippen LogP contribution in [0.2, 0.25) is 0 Å². The van der Waals surface area contributed by atoms with Gasteiger partial charge in [0.25, 0.3) is 0 Å². The van der Waals surface area contributed by atoms with E-state index in [-0.39, 0.29) is 42.4 Å². The fourth-order valence-corrected chi connectivity index (χ4v) is 5.47. The molecular weight excluding hydrogens is 547 g/mol. The van der Waals surface area contributed by atoms with Crippen LogP contribution in [0, 0.1) is 11.7 Å². The van der Waals surface area contributed by atoms with Crippen molar-refractivity contribution < 1.29 is 23.5 Å². The number of hydroxylamine groups is 1. The zero-order valence-corrected chi connectivity index (χ0v) is 23.5. The highest BCUT2D eigenvalue weighted by Crippen LogP contribution is 2.37. The molecule has 1 amide bonds. The summed E-state index contributed by atoms with van der Waals surface area (Å²) in [6.45, 7) is 11.4. The number of nitrogens with zero attached hydrogens (tertiary/aromatic N) is 4. The molecule has 0 radical (unpaired) electrons. The molecule has 2 unspecified atom stereocenters. The van der Waals surface area contributed by atoms with E-state index < -0.39 is 17.4 Å². The lowest BCUT2D eigenvalue weighted by atomic mass is 9.84. The molecule has 1 fully saturated rings. The fraction of sp³-hybridized carbons (Fsp3) is 0.600. The van der Waals surface area contributed by atoms with E-state index in [1.54, 1.807) is 11.0 Å². The van der Waals surface area contributed by atoms with Gasteiger partial charge in [-0.1, -0.05) is 22.0 Å². The van der Waals surface area contributed by atoms with Crippen molar-refractivity contribution in [3.63, 3.8) is 0 Å². The Kier molecular flexibility index (Phi) is 7.64. The van der Waals surface area contributed by atoms with Crippen LogP contribution in [0.25, 0.3) is 0 Å². The normalized spacial score (nSPS) is 27.1. The van der Waals surface area contributed by atoms with Crippen LogP contribution in [0.3, 0.4) is 0 Å². The molecule has 0 saturated carbocycles. The summed E-state index contributed by atoms with van der Waals surface area (Å²) in [5, 5.41) is 0. The van der Waals surface area contributed by atoms with Gasteiger partial charge in [-0.3, -0.25) is 20.2 Å². The Morgan fingerprint density at radius 3 is 2.76 bits per heavy atom. The molecule has 4 rings (SSSR count). The van der Waals surface area contributed by atoms with Crippen LogP contribution < -0.4 is 11.2 Å². The smallest absolute Gasteiger partial charge is 0.412 e. The van der Waals surface area contributed by atoms with E-state index in [2.05, 4.69) is 31.4 Å². The van der Waals surface area contributed by atoms with Crippen LogP contribution in [0.15, 0.2) is 37.6 Å². The second kappa shape index (κ2) is 10.3. The maximum Gasteiger partial charge on any atom is 0.412 e. The average Bonchev–Trinajstić information content (AvgIpc) is 3.05. The van der Waals surface area contributed by atoms with Gasteiger partial charge in [-0.2, -0.15) is 0 Å². The van der Waals surface area contributed by atoms with Crippen molar-refractivity contribution in [2.45, 2.75) is 77.4 Å². The Labute approximate surface area is 224 Å². The van der Waals surface area contributed by atoms with Crippen molar-refractivity contribution in [2.24, 2.45) is 26.6 Å². The summed E-state index contributed by atoms with van der Waals surface area (Å²) in [7, 11) is 0. The predicted molar refractivity (Wildman–Crippen MR) is 142 cm³/mol. The Morgan fingerprint density at radius 2 is 2.08 bits per heavy atom. The highest BCUT2D eigenvalue weighted by Gasteiger charge is 2.46. The molecule has 1 aromatic rings. The fourth-order valence-electron chi connectivity index (χ4n) is 4.86. The van der Waals surface area contributed by atoms with E-state index in [1.165, 1.54) is 12.1 Å². The number of halogens is 2. The van der Waals surface area contributed by atoms with Crippen molar-refractivity contribution in [2.75, 3.05) is 13.2 Å². The first-order chi connectivity index (χ1) is 17.2. The van der Waals surface area contributed by atoms with Crippen LogP contribution in [-0.4, -0.2) is 65.1 Å². The number of hydrogen-bond acceptors (Lipinski definition) is 9. The quantitative estimate of drug-likeness (QED) is 0.517. The number of fused-ring (bicyclic) bond motifs is 1. The lowest BCUT2D eigenvalue weighted by molar-refractivity contribution is -0.0669. The lowest BCUT2D eigenvalue weighted by Gasteiger charge is -2.36. The summed E-state index contributed by atoms with van der Waals surface area (Å²) >= 11 is 3.45. The molecule has 3 heterocycles. The number of benzene rings is 1. The van der Waals surface area contributed by atoms with Gasteiger partial charge in [0.15, 0.2) is 0 Å². The number of carbonyl (C=O) groups is 1. The van der Waals surface area contributed by atoms with E-state index in [0.29, 0.717) is 23.3 Å². The first kappa shape index (κ1) is 27.5. The summed E-state index contributed by atoms with van der Waals surface area (Å²) in [5.74, 6) is 0.170. The predicted octanol–water partition coefficient (Wildman–Crippen LogP) is 4.10. The summed E-state index contributed by atoms with van der Waals surface area (Å²) < 4.78 is 25.8. The van der Waals surface area contributed by atoms with E-state index in [1.807, 2.05) is 41.5 Å². The molecule has 0 spiro atoms. The van der Waals surface area contributed by atoms with Gasteiger partial charge in [-0.25, -0.2) is 19.2 Å². The molecule has 4 atom stereocenters. The molecule has 1 aromatic carbocycles. The number of aliphatic imine (C=N–C) groups is 3. The summed E-state index contributed by atoms with van der Waals surface area (Å²) in [6.07, 6.45) is 0.102. The van der Waals surface area contributed by atoms with Gasteiger partial charge in [0.2, 0.25) is 5.96 Å². The minimum atomic E-state index is -0.845. The van der Waals surface area contributed by atoms with Gasteiger partial charge in [0.1, 0.15) is 23.0 Å². The third-order valence-electron chi connectivity index (χ3n) is 6.42. The second-order valence-corrected chi connectivity index (χ2v) is 11.7. The number of amidine groups is 1. The number of hydrogen-bond donors (Lipinski definition) is 2. The van der Waals surface area contributed by atoms with Gasteiger partial charge in [-0.05, 0) is 65.7 Å². The molecule has 0 aliphatic carbocycles. The van der Waals surface area contributed by atoms with Gasteiger partial charge >= 0.3 is 6.09 Å². The van der Waals surface area contributed by atoms with E-state index in [4.69, 9.17) is 25.0 Å². The number of rotatable bonds is 4. The van der Waals surface area contributed by atoms with Crippen LogP contribution in [0.5, 0.6) is 0 Å². The highest BCUT2D eigenvalue weighted by molar-refractivity contribution is 9.10. The first-order valence-electron chi connectivity index (χ1n) is 12.2. The van der Waals surface area contributed by atoms with Gasteiger partial charge in [0.05, 0.1) is 37.3 Å². The molecule has 10 nitrogen and oxygen atoms in total. The monoisotopic (exact) mass is 580 g/mol. The van der Waals surface area contributed by atoms with Crippen molar-refractivity contribution in [3.05, 3.63) is 34.1 Å². The average molecular weight is 581 g/mol. The van der Waals surface area contributed by atoms with E-state index in [9.17, 15) is 9.18 Å². The van der Waals surface area contributed by atoms with Crippen LogP contribution >= 0.6 is 15.9 Å². The first-order valence-corrected chi connectivity index (χ1v) is 13.0. The zero-order chi connectivity index (χ0) is 27.1. The molecule has 37 heavy (non-hydrogen) atoms.